The average Bonchev–Trinajstić information content (AvgIpc) is 2.91. The van der Waals surface area contributed by atoms with Gasteiger partial charge < -0.3 is 15.4 Å². The molecule has 6 heteroatoms. The van der Waals surface area contributed by atoms with E-state index in [1.807, 2.05) is 66.7 Å². The van der Waals surface area contributed by atoms with Crippen molar-refractivity contribution < 1.29 is 19.1 Å². The smallest absolute Gasteiger partial charge is 0.305 e. The second-order valence-electron chi connectivity index (χ2n) is 9.19. The lowest BCUT2D eigenvalue weighted by atomic mass is 9.77. The lowest BCUT2D eigenvalue weighted by molar-refractivity contribution is -0.142. The molecule has 0 spiro atoms. The van der Waals surface area contributed by atoms with Crippen molar-refractivity contribution in [2.24, 2.45) is 5.92 Å². The van der Waals surface area contributed by atoms with E-state index in [1.165, 1.54) is 12.7 Å². The summed E-state index contributed by atoms with van der Waals surface area (Å²) in [6.07, 6.45) is 4.64. The Morgan fingerprint density at radius 1 is 0.771 bits per heavy atom. The molecule has 0 radical (unpaired) electrons. The first kappa shape index (κ1) is 24.5. The van der Waals surface area contributed by atoms with E-state index in [4.69, 9.17) is 4.74 Å². The Hall–Kier alpha value is -3.67. The summed E-state index contributed by atoms with van der Waals surface area (Å²) in [5, 5.41) is 7.84. The average molecular weight is 473 g/mol. The van der Waals surface area contributed by atoms with Crippen LogP contribution in [0.3, 0.4) is 0 Å². The number of fused-ring (bicyclic) bond motifs is 1. The van der Waals surface area contributed by atoms with E-state index >= 15 is 0 Å². The zero-order valence-corrected chi connectivity index (χ0v) is 20.1. The Bertz CT molecular complexity index is 1180. The van der Waals surface area contributed by atoms with Gasteiger partial charge in [0.1, 0.15) is 0 Å². The standard InChI is InChI=1S/C29H32N2O4/c1-35-27(32)18-20-6-8-22(9-7-20)23-10-13-24(14-11-23)28(33)30-16-17-31-29(34)26-15-12-21-4-2-3-5-25(21)19-26/h2-5,10-15,19-20,22H,6-9,16-18H2,1H3,(H,30,33)(H,31,34)/t20-,22-. The molecular formula is C29H32N2O4. The fourth-order valence-corrected chi connectivity index (χ4v) is 4.81. The number of hydrogen-bond donors (Lipinski definition) is 2. The molecule has 182 valence electrons. The van der Waals surface area contributed by atoms with E-state index in [0.29, 0.717) is 42.5 Å². The summed E-state index contributed by atoms with van der Waals surface area (Å²) in [6, 6.07) is 21.3. The Labute approximate surface area is 206 Å². The summed E-state index contributed by atoms with van der Waals surface area (Å²) >= 11 is 0. The maximum Gasteiger partial charge on any atom is 0.305 e. The number of benzene rings is 3. The molecule has 3 aromatic rings. The fourth-order valence-electron chi connectivity index (χ4n) is 4.81. The molecule has 3 aromatic carbocycles. The van der Waals surface area contributed by atoms with Gasteiger partial charge in [-0.2, -0.15) is 0 Å². The van der Waals surface area contributed by atoms with Gasteiger partial charge in [0.2, 0.25) is 0 Å². The molecule has 1 aliphatic carbocycles. The van der Waals surface area contributed by atoms with Gasteiger partial charge >= 0.3 is 5.97 Å². The number of carbonyl (C=O) groups is 3. The molecule has 0 aliphatic heterocycles. The van der Waals surface area contributed by atoms with Crippen molar-refractivity contribution in [2.45, 2.75) is 38.0 Å². The number of methoxy groups -OCH3 is 1. The van der Waals surface area contributed by atoms with Gasteiger partial charge in [-0.15, -0.1) is 0 Å². The molecule has 2 N–H and O–H groups in total. The highest BCUT2D eigenvalue weighted by Gasteiger charge is 2.24. The maximum atomic E-state index is 12.5. The Morgan fingerprint density at radius 3 is 2.03 bits per heavy atom. The number of nitrogens with one attached hydrogen (secondary N) is 2. The van der Waals surface area contributed by atoms with Crippen LogP contribution in [0.1, 0.15) is 64.3 Å². The van der Waals surface area contributed by atoms with Crippen molar-refractivity contribution in [2.75, 3.05) is 20.2 Å². The topological polar surface area (TPSA) is 84.5 Å². The van der Waals surface area contributed by atoms with Crippen LogP contribution in [0.25, 0.3) is 10.8 Å². The molecule has 4 rings (SSSR count). The second kappa shape index (κ2) is 11.6. The number of rotatable bonds is 8. The van der Waals surface area contributed by atoms with Crippen LogP contribution in [0.2, 0.25) is 0 Å². The lowest BCUT2D eigenvalue weighted by Crippen LogP contribution is -2.34. The SMILES string of the molecule is COC(=O)C[C@H]1CC[C@H](c2ccc(C(=O)NCCNC(=O)c3ccc4ccccc4c3)cc2)CC1. The Morgan fingerprint density at radius 2 is 1.37 bits per heavy atom. The minimum absolute atomic E-state index is 0.128. The van der Waals surface area contributed by atoms with Crippen LogP contribution in [-0.2, 0) is 9.53 Å². The van der Waals surface area contributed by atoms with Crippen molar-refractivity contribution in [3.8, 4) is 0 Å². The highest BCUT2D eigenvalue weighted by atomic mass is 16.5. The van der Waals surface area contributed by atoms with Crippen LogP contribution in [0, 0.1) is 5.92 Å². The summed E-state index contributed by atoms with van der Waals surface area (Å²) in [4.78, 5) is 36.4. The maximum absolute atomic E-state index is 12.5. The van der Waals surface area contributed by atoms with E-state index in [9.17, 15) is 14.4 Å². The van der Waals surface area contributed by atoms with Crippen LogP contribution < -0.4 is 10.6 Å². The van der Waals surface area contributed by atoms with E-state index in [-0.39, 0.29) is 17.8 Å². The highest BCUT2D eigenvalue weighted by molar-refractivity contribution is 5.98. The predicted molar refractivity (Wildman–Crippen MR) is 136 cm³/mol. The van der Waals surface area contributed by atoms with Crippen LogP contribution in [0.15, 0.2) is 66.7 Å². The molecule has 1 fully saturated rings. The van der Waals surface area contributed by atoms with Gasteiger partial charge in [-0.1, -0.05) is 42.5 Å². The van der Waals surface area contributed by atoms with Crippen molar-refractivity contribution in [1.82, 2.24) is 10.6 Å². The Balaban J connectivity index is 1.20. The number of amides is 2. The molecule has 6 nitrogen and oxygen atoms in total. The molecule has 0 unspecified atom stereocenters. The molecule has 0 aromatic heterocycles. The minimum Gasteiger partial charge on any atom is -0.469 e. The number of hydrogen-bond acceptors (Lipinski definition) is 4. The summed E-state index contributed by atoms with van der Waals surface area (Å²) < 4.78 is 4.78. The zero-order chi connectivity index (χ0) is 24.6. The molecule has 1 saturated carbocycles. The number of ether oxygens (including phenoxy) is 1. The van der Waals surface area contributed by atoms with E-state index < -0.39 is 0 Å². The highest BCUT2D eigenvalue weighted by Crippen LogP contribution is 2.37. The normalized spacial score (nSPS) is 17.5. The summed E-state index contributed by atoms with van der Waals surface area (Å²) in [5.41, 5.74) is 2.44. The molecule has 0 bridgehead atoms. The lowest BCUT2D eigenvalue weighted by Gasteiger charge is -2.28. The first-order valence-corrected chi connectivity index (χ1v) is 12.3. The van der Waals surface area contributed by atoms with Gasteiger partial charge in [0.05, 0.1) is 7.11 Å². The predicted octanol–water partition coefficient (Wildman–Crippen LogP) is 4.84. The second-order valence-corrected chi connectivity index (χ2v) is 9.19. The third kappa shape index (κ3) is 6.47. The van der Waals surface area contributed by atoms with Gasteiger partial charge in [-0.05, 0) is 78.1 Å². The first-order valence-electron chi connectivity index (χ1n) is 12.3. The van der Waals surface area contributed by atoms with Crippen molar-refractivity contribution in [1.29, 1.82) is 0 Å². The molecule has 1 aliphatic rings. The first-order chi connectivity index (χ1) is 17.0. The van der Waals surface area contributed by atoms with Crippen molar-refractivity contribution in [3.63, 3.8) is 0 Å². The van der Waals surface area contributed by atoms with Crippen molar-refractivity contribution >= 4 is 28.6 Å². The fraction of sp³-hybridized carbons (Fsp3) is 0.345. The third-order valence-corrected chi connectivity index (χ3v) is 6.88. The van der Waals surface area contributed by atoms with Crippen LogP contribution in [-0.4, -0.2) is 38.0 Å². The summed E-state index contributed by atoms with van der Waals surface area (Å²) in [6.45, 7) is 0.703. The molecular weight excluding hydrogens is 440 g/mol. The van der Waals surface area contributed by atoms with Crippen LogP contribution >= 0.6 is 0 Å². The zero-order valence-electron chi connectivity index (χ0n) is 20.1. The minimum atomic E-state index is -0.157. The quantitative estimate of drug-likeness (QED) is 0.363. The Kier molecular flexibility index (Phi) is 8.14. The molecule has 2 amide bonds. The van der Waals surface area contributed by atoms with E-state index in [2.05, 4.69) is 10.6 Å². The number of carbonyl (C=O) groups excluding carboxylic acids is 3. The van der Waals surface area contributed by atoms with Crippen LogP contribution in [0.5, 0.6) is 0 Å². The van der Waals surface area contributed by atoms with Crippen molar-refractivity contribution in [3.05, 3.63) is 83.4 Å². The monoisotopic (exact) mass is 472 g/mol. The van der Waals surface area contributed by atoms with Crippen LogP contribution in [0.4, 0.5) is 0 Å². The molecule has 0 saturated heterocycles. The van der Waals surface area contributed by atoms with E-state index in [0.717, 1.165) is 36.5 Å². The van der Waals surface area contributed by atoms with Gasteiger partial charge in [0, 0.05) is 30.6 Å². The summed E-state index contributed by atoms with van der Waals surface area (Å²) in [7, 11) is 1.44. The van der Waals surface area contributed by atoms with E-state index in [1.54, 1.807) is 0 Å². The molecule has 35 heavy (non-hydrogen) atoms. The third-order valence-electron chi connectivity index (χ3n) is 6.88. The summed E-state index contributed by atoms with van der Waals surface area (Å²) in [5.74, 6) is 0.433. The molecule has 0 heterocycles. The molecule has 0 atom stereocenters. The van der Waals surface area contributed by atoms with Gasteiger partial charge in [-0.25, -0.2) is 0 Å². The van der Waals surface area contributed by atoms with Gasteiger partial charge in [-0.3, -0.25) is 14.4 Å². The largest absolute Gasteiger partial charge is 0.469 e. The number of esters is 1. The van der Waals surface area contributed by atoms with Gasteiger partial charge in [0.25, 0.3) is 11.8 Å². The van der Waals surface area contributed by atoms with Gasteiger partial charge in [0.15, 0.2) is 0 Å².